The molecule has 4 nitrogen and oxygen atoms in total. The third-order valence-electron chi connectivity index (χ3n) is 3.51. The van der Waals surface area contributed by atoms with Gasteiger partial charge >= 0.3 is 0 Å². The van der Waals surface area contributed by atoms with Crippen LogP contribution in [0.4, 0.5) is 5.69 Å². The van der Waals surface area contributed by atoms with Gasteiger partial charge in [0.25, 0.3) is 0 Å². The van der Waals surface area contributed by atoms with Crippen molar-refractivity contribution in [2.45, 2.75) is 19.9 Å². The molecule has 1 rings (SSSR count). The highest BCUT2D eigenvalue weighted by molar-refractivity contribution is 5.77. The molecular formula is C16H28N3O+. The number of carbonyl (C=O) groups is 1. The lowest BCUT2D eigenvalue weighted by atomic mass is 10.0. The molecule has 1 aromatic rings. The van der Waals surface area contributed by atoms with E-state index in [-0.39, 0.29) is 17.9 Å². The van der Waals surface area contributed by atoms with Crippen molar-refractivity contribution in [3.8, 4) is 0 Å². The van der Waals surface area contributed by atoms with Crippen LogP contribution in [-0.2, 0) is 4.79 Å². The van der Waals surface area contributed by atoms with E-state index in [1.165, 1.54) is 16.2 Å². The zero-order chi connectivity index (χ0) is 15.3. The van der Waals surface area contributed by atoms with Gasteiger partial charge in [0, 0.05) is 31.3 Å². The van der Waals surface area contributed by atoms with Crippen LogP contribution in [0.5, 0.6) is 0 Å². The smallest absolute Gasteiger partial charge is 0.222 e. The summed E-state index contributed by atoms with van der Waals surface area (Å²) < 4.78 is 0. The fourth-order valence-corrected chi connectivity index (χ4v) is 2.07. The molecule has 4 heteroatoms. The second-order valence-corrected chi connectivity index (χ2v) is 6.02. The molecule has 0 saturated carbocycles. The van der Waals surface area contributed by atoms with Crippen LogP contribution < -0.4 is 15.1 Å². The molecule has 0 spiro atoms. The first-order valence-electron chi connectivity index (χ1n) is 7.18. The molecule has 0 unspecified atom stereocenters. The van der Waals surface area contributed by atoms with Crippen LogP contribution in [0.1, 0.15) is 25.5 Å². The highest BCUT2D eigenvalue weighted by Gasteiger charge is 2.19. The molecule has 20 heavy (non-hydrogen) atoms. The first kappa shape index (κ1) is 16.5. The highest BCUT2D eigenvalue weighted by Crippen LogP contribution is 2.16. The Balaban J connectivity index is 2.78. The summed E-state index contributed by atoms with van der Waals surface area (Å²) in [6.45, 7) is 4.50. The van der Waals surface area contributed by atoms with E-state index in [9.17, 15) is 4.79 Å². The fraction of sp³-hybridized carbons (Fsp3) is 0.562. The van der Waals surface area contributed by atoms with E-state index in [1.54, 1.807) is 0 Å². The highest BCUT2D eigenvalue weighted by atomic mass is 16.1. The van der Waals surface area contributed by atoms with Crippen LogP contribution in [-0.4, -0.2) is 40.6 Å². The molecule has 1 amide bonds. The summed E-state index contributed by atoms with van der Waals surface area (Å²) in [7, 11) is 8.30. The van der Waals surface area contributed by atoms with Crippen molar-refractivity contribution in [3.05, 3.63) is 29.8 Å². The molecule has 0 aromatic heterocycles. The van der Waals surface area contributed by atoms with Crippen LogP contribution in [0, 0.1) is 5.92 Å². The maximum atomic E-state index is 11.7. The monoisotopic (exact) mass is 278 g/mol. The summed E-state index contributed by atoms with van der Waals surface area (Å²) in [6, 6.07) is 8.81. The average Bonchev–Trinajstić information content (AvgIpc) is 2.38. The minimum Gasteiger partial charge on any atom is -0.378 e. The second-order valence-electron chi connectivity index (χ2n) is 6.02. The van der Waals surface area contributed by atoms with Crippen LogP contribution >= 0.6 is 0 Å². The van der Waals surface area contributed by atoms with E-state index in [1.807, 2.05) is 27.9 Å². The SMILES string of the molecule is CC(C)C(=O)NC[C@H](c1ccc(N(C)C)cc1)[NH+](C)C. The van der Waals surface area contributed by atoms with Gasteiger partial charge in [0.2, 0.25) is 5.91 Å². The number of likely N-dealkylation sites (N-methyl/N-ethyl adjacent to an activating group) is 1. The number of amides is 1. The van der Waals surface area contributed by atoms with Gasteiger partial charge < -0.3 is 15.1 Å². The molecule has 0 aliphatic rings. The molecule has 0 aliphatic carbocycles. The Morgan fingerprint density at radius 3 is 2.15 bits per heavy atom. The van der Waals surface area contributed by atoms with Crippen LogP contribution in [0.2, 0.25) is 0 Å². The van der Waals surface area contributed by atoms with E-state index in [0.29, 0.717) is 6.54 Å². The van der Waals surface area contributed by atoms with Crippen molar-refractivity contribution in [1.82, 2.24) is 5.32 Å². The number of benzene rings is 1. The summed E-state index contributed by atoms with van der Waals surface area (Å²) in [6.07, 6.45) is 0. The molecule has 0 bridgehead atoms. The van der Waals surface area contributed by atoms with Gasteiger partial charge in [-0.3, -0.25) is 4.79 Å². The van der Waals surface area contributed by atoms with Crippen molar-refractivity contribution in [1.29, 1.82) is 0 Å². The molecule has 0 aliphatic heterocycles. The largest absolute Gasteiger partial charge is 0.378 e. The maximum Gasteiger partial charge on any atom is 0.222 e. The number of nitrogens with zero attached hydrogens (tertiary/aromatic N) is 1. The van der Waals surface area contributed by atoms with Crippen molar-refractivity contribution in [3.63, 3.8) is 0 Å². The third-order valence-corrected chi connectivity index (χ3v) is 3.51. The molecule has 0 heterocycles. The topological polar surface area (TPSA) is 36.8 Å². The van der Waals surface area contributed by atoms with Gasteiger partial charge in [-0.15, -0.1) is 0 Å². The number of nitrogens with one attached hydrogen (secondary N) is 2. The molecule has 1 aromatic carbocycles. The quantitative estimate of drug-likeness (QED) is 0.804. The zero-order valence-electron chi connectivity index (χ0n) is 13.5. The molecule has 1 atom stereocenters. The minimum absolute atomic E-state index is 0.0314. The van der Waals surface area contributed by atoms with Gasteiger partial charge in [0.15, 0.2) is 0 Å². The van der Waals surface area contributed by atoms with Gasteiger partial charge in [-0.25, -0.2) is 0 Å². The fourth-order valence-electron chi connectivity index (χ4n) is 2.07. The standard InChI is InChI=1S/C16H27N3O/c1-12(2)16(20)17-11-15(19(5)6)13-7-9-14(10-8-13)18(3)4/h7-10,12,15H,11H2,1-6H3,(H,17,20)/p+1/t15-/m1/s1. The summed E-state index contributed by atoms with van der Waals surface area (Å²) in [5, 5.41) is 3.03. The van der Waals surface area contributed by atoms with Crippen molar-refractivity contribution < 1.29 is 9.69 Å². The van der Waals surface area contributed by atoms with Crippen LogP contribution in [0.3, 0.4) is 0 Å². The zero-order valence-corrected chi connectivity index (χ0v) is 13.5. The maximum absolute atomic E-state index is 11.7. The van der Waals surface area contributed by atoms with Crippen molar-refractivity contribution in [2.75, 3.05) is 39.6 Å². The molecule has 112 valence electrons. The van der Waals surface area contributed by atoms with Crippen LogP contribution in [0.15, 0.2) is 24.3 Å². The number of carbonyl (C=O) groups excluding carboxylic acids is 1. The molecule has 0 radical (unpaired) electrons. The van der Waals surface area contributed by atoms with E-state index in [2.05, 4.69) is 48.6 Å². The molecule has 0 fully saturated rings. The first-order valence-corrected chi connectivity index (χ1v) is 7.18. The molecule has 2 N–H and O–H groups in total. The molecular weight excluding hydrogens is 250 g/mol. The van der Waals surface area contributed by atoms with E-state index in [4.69, 9.17) is 0 Å². The Morgan fingerprint density at radius 2 is 1.75 bits per heavy atom. The number of hydrogen-bond donors (Lipinski definition) is 2. The van der Waals surface area contributed by atoms with Gasteiger partial charge in [0.1, 0.15) is 6.04 Å². The Labute approximate surface area is 122 Å². The van der Waals surface area contributed by atoms with Crippen LogP contribution in [0.25, 0.3) is 0 Å². The number of rotatable bonds is 6. The van der Waals surface area contributed by atoms with Gasteiger partial charge in [0.05, 0.1) is 20.6 Å². The summed E-state index contributed by atoms with van der Waals surface area (Å²) in [5.74, 6) is 0.144. The van der Waals surface area contributed by atoms with Gasteiger partial charge in [-0.05, 0) is 12.1 Å². The van der Waals surface area contributed by atoms with E-state index in [0.717, 1.165) is 0 Å². The predicted octanol–water partition coefficient (Wildman–Crippen LogP) is 0.710. The Kier molecular flexibility index (Phi) is 6.02. The van der Waals surface area contributed by atoms with E-state index >= 15 is 0 Å². The van der Waals surface area contributed by atoms with E-state index < -0.39 is 0 Å². The van der Waals surface area contributed by atoms with Crippen molar-refractivity contribution >= 4 is 11.6 Å². The van der Waals surface area contributed by atoms with Gasteiger partial charge in [-0.1, -0.05) is 26.0 Å². The van der Waals surface area contributed by atoms with Gasteiger partial charge in [-0.2, -0.15) is 0 Å². The lowest BCUT2D eigenvalue weighted by molar-refractivity contribution is -0.890. The Hall–Kier alpha value is -1.55. The van der Waals surface area contributed by atoms with Crippen molar-refractivity contribution in [2.24, 2.45) is 5.92 Å². The normalized spacial score (nSPS) is 12.6. The number of anilines is 1. The number of hydrogen-bond acceptors (Lipinski definition) is 2. The first-order chi connectivity index (χ1) is 9.32. The summed E-state index contributed by atoms with van der Waals surface area (Å²) >= 11 is 0. The Bertz CT molecular complexity index is 424. The Morgan fingerprint density at radius 1 is 1.20 bits per heavy atom. The minimum atomic E-state index is 0.0314. The molecule has 0 saturated heterocycles. The average molecular weight is 278 g/mol. The lowest BCUT2D eigenvalue weighted by Crippen LogP contribution is -3.07. The second kappa shape index (κ2) is 7.29. The predicted molar refractivity (Wildman–Crippen MR) is 84.2 cm³/mol. The summed E-state index contributed by atoms with van der Waals surface area (Å²) in [4.78, 5) is 15.1. The summed E-state index contributed by atoms with van der Waals surface area (Å²) in [5.41, 5.74) is 2.44. The lowest BCUT2D eigenvalue weighted by Gasteiger charge is -2.23. The third kappa shape index (κ3) is 4.53. The number of quaternary nitrogens is 1.